The van der Waals surface area contributed by atoms with Gasteiger partial charge in [0.25, 0.3) is 0 Å². The van der Waals surface area contributed by atoms with Crippen molar-refractivity contribution >= 4 is 43.8 Å². The van der Waals surface area contributed by atoms with Gasteiger partial charge in [0.15, 0.2) is 0 Å². The highest BCUT2D eigenvalue weighted by atomic mass is 32.1. The van der Waals surface area contributed by atoms with Crippen LogP contribution in [0.3, 0.4) is 0 Å². The van der Waals surface area contributed by atoms with Crippen molar-refractivity contribution in [2.45, 2.75) is 52.6 Å². The highest BCUT2D eigenvalue weighted by molar-refractivity contribution is 7.23. The number of nitrogens with zero attached hydrogens (tertiary/aromatic N) is 3. The van der Waals surface area contributed by atoms with Gasteiger partial charge in [0.05, 0.1) is 22.2 Å². The summed E-state index contributed by atoms with van der Waals surface area (Å²) in [7, 11) is 0. The molecule has 5 rings (SSSR count). The Kier molecular flexibility index (Phi) is 6.78. The van der Waals surface area contributed by atoms with Crippen molar-refractivity contribution in [2.75, 3.05) is 18.4 Å². The highest BCUT2D eigenvalue weighted by Crippen LogP contribution is 2.45. The van der Waals surface area contributed by atoms with Crippen LogP contribution in [0.1, 0.15) is 42.8 Å². The third kappa shape index (κ3) is 4.79. The zero-order valence-electron chi connectivity index (χ0n) is 19.8. The summed E-state index contributed by atoms with van der Waals surface area (Å²) in [5, 5.41) is 12.0. The second kappa shape index (κ2) is 9.95. The van der Waals surface area contributed by atoms with E-state index in [2.05, 4.69) is 53.0 Å². The van der Waals surface area contributed by atoms with Crippen LogP contribution in [-0.2, 0) is 17.8 Å². The first-order chi connectivity index (χ1) is 16.5. The van der Waals surface area contributed by atoms with Gasteiger partial charge >= 0.3 is 0 Å². The first-order valence-corrected chi connectivity index (χ1v) is 13.5. The van der Waals surface area contributed by atoms with Crippen LogP contribution in [0.2, 0.25) is 0 Å². The van der Waals surface area contributed by atoms with Crippen LogP contribution in [0.4, 0.5) is 5.00 Å². The van der Waals surface area contributed by atoms with E-state index in [-0.39, 0.29) is 5.91 Å². The quantitative estimate of drug-likeness (QED) is 0.325. The molecule has 1 aromatic carbocycles. The number of carbonyl (C=O) groups is 1. The lowest BCUT2D eigenvalue weighted by atomic mass is 10.0. The Morgan fingerprint density at radius 1 is 1.32 bits per heavy atom. The second-order valence-electron chi connectivity index (χ2n) is 8.79. The molecule has 7 nitrogen and oxygen atoms in total. The van der Waals surface area contributed by atoms with Gasteiger partial charge in [0.2, 0.25) is 5.91 Å². The molecule has 0 radical (unpaired) electrons. The van der Waals surface area contributed by atoms with Crippen LogP contribution in [-0.4, -0.2) is 39.6 Å². The maximum absolute atomic E-state index is 12.8. The van der Waals surface area contributed by atoms with Crippen molar-refractivity contribution in [3.8, 4) is 16.3 Å². The number of hydrogen-bond donors (Lipinski definition) is 3. The molecule has 34 heavy (non-hydrogen) atoms. The SMILES string of the molecule is CCC(C)NCCC(=O)Nc1sc2c(c1-c1nc3cc(-n4cnc(C)c4)ccc3s1)CCNC2. The monoisotopic (exact) mass is 494 g/mol. The highest BCUT2D eigenvalue weighted by Gasteiger charge is 2.25. The van der Waals surface area contributed by atoms with Crippen molar-refractivity contribution in [3.63, 3.8) is 0 Å². The van der Waals surface area contributed by atoms with Gasteiger partial charge in [-0.25, -0.2) is 9.97 Å². The van der Waals surface area contributed by atoms with Gasteiger partial charge in [0, 0.05) is 47.9 Å². The van der Waals surface area contributed by atoms with Crippen LogP contribution in [0.5, 0.6) is 0 Å². The summed E-state index contributed by atoms with van der Waals surface area (Å²) in [6, 6.07) is 6.75. The fourth-order valence-electron chi connectivity index (χ4n) is 4.16. The van der Waals surface area contributed by atoms with Gasteiger partial charge in [0.1, 0.15) is 10.0 Å². The van der Waals surface area contributed by atoms with Gasteiger partial charge in [-0.2, -0.15) is 0 Å². The maximum Gasteiger partial charge on any atom is 0.226 e. The van der Waals surface area contributed by atoms with E-state index in [1.54, 1.807) is 22.7 Å². The molecule has 1 aliphatic rings. The molecule has 178 valence electrons. The number of carbonyl (C=O) groups excluding carboxylic acids is 1. The lowest BCUT2D eigenvalue weighted by Crippen LogP contribution is -2.28. The summed E-state index contributed by atoms with van der Waals surface area (Å²) in [6.07, 6.45) is 6.30. The van der Waals surface area contributed by atoms with E-state index in [0.29, 0.717) is 19.0 Å². The smallest absolute Gasteiger partial charge is 0.226 e. The molecule has 4 heterocycles. The Balaban J connectivity index is 1.45. The van der Waals surface area contributed by atoms with E-state index in [0.717, 1.165) is 63.1 Å². The van der Waals surface area contributed by atoms with Crippen molar-refractivity contribution < 1.29 is 4.79 Å². The Bertz CT molecular complexity index is 1320. The molecule has 1 atom stereocenters. The predicted molar refractivity (Wildman–Crippen MR) is 141 cm³/mol. The van der Waals surface area contributed by atoms with Gasteiger partial charge < -0.3 is 20.5 Å². The number of rotatable bonds is 8. The van der Waals surface area contributed by atoms with E-state index >= 15 is 0 Å². The van der Waals surface area contributed by atoms with Gasteiger partial charge in [-0.05, 0) is 57.0 Å². The van der Waals surface area contributed by atoms with Gasteiger partial charge in [-0.3, -0.25) is 4.79 Å². The predicted octanol–water partition coefficient (Wildman–Crippen LogP) is 4.88. The van der Waals surface area contributed by atoms with E-state index in [4.69, 9.17) is 4.98 Å². The fourth-order valence-corrected chi connectivity index (χ4v) is 6.48. The number of benzene rings is 1. The van der Waals surface area contributed by atoms with Crippen molar-refractivity contribution in [3.05, 3.63) is 46.9 Å². The molecular weight excluding hydrogens is 464 g/mol. The number of aryl methyl sites for hydroxylation is 1. The number of amides is 1. The molecule has 0 saturated heterocycles. The first kappa shape index (κ1) is 23.2. The molecule has 3 aromatic heterocycles. The van der Waals surface area contributed by atoms with E-state index in [1.807, 2.05) is 24.0 Å². The summed E-state index contributed by atoms with van der Waals surface area (Å²) >= 11 is 3.37. The van der Waals surface area contributed by atoms with Crippen molar-refractivity contribution in [2.24, 2.45) is 0 Å². The first-order valence-electron chi connectivity index (χ1n) is 11.8. The average Bonchev–Trinajstić information content (AvgIpc) is 3.54. The third-order valence-corrected chi connectivity index (χ3v) is 8.43. The average molecular weight is 495 g/mol. The minimum absolute atomic E-state index is 0.0440. The topological polar surface area (TPSA) is 83.9 Å². The molecule has 1 amide bonds. The molecule has 0 aliphatic carbocycles. The Hall–Kier alpha value is -2.59. The lowest BCUT2D eigenvalue weighted by molar-refractivity contribution is -0.116. The third-order valence-electron chi connectivity index (χ3n) is 6.23. The summed E-state index contributed by atoms with van der Waals surface area (Å²) < 4.78 is 3.16. The second-order valence-corrected chi connectivity index (χ2v) is 10.9. The fraction of sp³-hybridized carbons (Fsp3) is 0.400. The lowest BCUT2D eigenvalue weighted by Gasteiger charge is -2.13. The van der Waals surface area contributed by atoms with Crippen LogP contribution in [0.15, 0.2) is 30.7 Å². The summed E-state index contributed by atoms with van der Waals surface area (Å²) in [4.78, 5) is 23.4. The molecule has 1 unspecified atom stereocenters. The molecule has 0 bridgehead atoms. The number of hydrogen-bond acceptors (Lipinski definition) is 7. The van der Waals surface area contributed by atoms with Crippen LogP contribution < -0.4 is 16.0 Å². The molecule has 0 fully saturated rings. The van der Waals surface area contributed by atoms with Crippen molar-refractivity contribution in [1.82, 2.24) is 25.2 Å². The van der Waals surface area contributed by atoms with E-state index in [1.165, 1.54) is 10.4 Å². The van der Waals surface area contributed by atoms with E-state index < -0.39 is 0 Å². The summed E-state index contributed by atoms with van der Waals surface area (Å²) in [5.41, 5.74) is 5.42. The maximum atomic E-state index is 12.8. The van der Waals surface area contributed by atoms with Crippen molar-refractivity contribution in [1.29, 1.82) is 0 Å². The Morgan fingerprint density at radius 2 is 2.21 bits per heavy atom. The van der Waals surface area contributed by atoms with Crippen LogP contribution >= 0.6 is 22.7 Å². The number of anilines is 1. The number of thiophene rings is 1. The number of aromatic nitrogens is 3. The standard InChI is InChI=1S/C25H30N6OS2/c1-4-15(2)27-10-8-22(32)30-25-23(18-7-9-26-12-21(18)34-25)24-29-19-11-17(5-6-20(19)33-24)31-13-16(3)28-14-31/h5-6,11,13-15,26-27H,4,7-10,12H2,1-3H3,(H,30,32). The number of fused-ring (bicyclic) bond motifs is 2. The Morgan fingerprint density at radius 3 is 3.00 bits per heavy atom. The van der Waals surface area contributed by atoms with Crippen LogP contribution in [0.25, 0.3) is 26.5 Å². The number of nitrogens with one attached hydrogen (secondary N) is 3. The summed E-state index contributed by atoms with van der Waals surface area (Å²) in [5.74, 6) is 0.0440. The minimum atomic E-state index is 0.0440. The number of imidazole rings is 1. The molecule has 3 N–H and O–H groups in total. The minimum Gasteiger partial charge on any atom is -0.317 e. The normalized spacial score (nSPS) is 14.3. The zero-order valence-corrected chi connectivity index (χ0v) is 21.4. The Labute approximate surface area is 207 Å². The molecule has 4 aromatic rings. The molecular formula is C25H30N6OS2. The van der Waals surface area contributed by atoms with Gasteiger partial charge in [-0.15, -0.1) is 22.7 Å². The zero-order chi connectivity index (χ0) is 23.7. The number of thiazole rings is 1. The molecule has 1 aliphatic heterocycles. The molecule has 0 spiro atoms. The van der Waals surface area contributed by atoms with Gasteiger partial charge in [-0.1, -0.05) is 6.92 Å². The molecule has 0 saturated carbocycles. The molecule has 9 heteroatoms. The summed E-state index contributed by atoms with van der Waals surface area (Å²) in [6.45, 7) is 8.74. The van der Waals surface area contributed by atoms with E-state index in [9.17, 15) is 4.79 Å². The largest absolute Gasteiger partial charge is 0.317 e. The van der Waals surface area contributed by atoms with Crippen LogP contribution in [0, 0.1) is 6.92 Å².